The SMILES string of the molecule is Cc1ncccc1Oc1cc(N2C(O)C=C(C(F)(F)F)N(C)C2O)c(F)cc1Cl. The molecule has 0 amide bonds. The number of anilines is 1. The highest BCUT2D eigenvalue weighted by atomic mass is 35.5. The molecule has 0 bridgehead atoms. The van der Waals surface area contributed by atoms with Crippen LogP contribution >= 0.6 is 11.6 Å². The van der Waals surface area contributed by atoms with Crippen LogP contribution in [0.4, 0.5) is 23.2 Å². The van der Waals surface area contributed by atoms with Crippen molar-refractivity contribution in [3.8, 4) is 11.5 Å². The Bertz CT molecular complexity index is 954. The van der Waals surface area contributed by atoms with E-state index < -0.39 is 36.0 Å². The van der Waals surface area contributed by atoms with Gasteiger partial charge < -0.3 is 19.8 Å². The molecule has 6 nitrogen and oxygen atoms in total. The number of allylic oxidation sites excluding steroid dienone is 1. The van der Waals surface area contributed by atoms with Crippen LogP contribution in [0, 0.1) is 12.7 Å². The monoisotopic (exact) mass is 433 g/mol. The maximum absolute atomic E-state index is 14.6. The Morgan fingerprint density at radius 3 is 2.52 bits per heavy atom. The van der Waals surface area contributed by atoms with Crippen molar-refractivity contribution < 1.29 is 32.5 Å². The van der Waals surface area contributed by atoms with Crippen molar-refractivity contribution in [2.75, 3.05) is 11.9 Å². The molecule has 1 aromatic carbocycles. The lowest BCUT2D eigenvalue weighted by molar-refractivity contribution is -0.133. The molecule has 0 saturated heterocycles. The minimum atomic E-state index is -4.81. The van der Waals surface area contributed by atoms with Gasteiger partial charge in [-0.1, -0.05) is 11.6 Å². The van der Waals surface area contributed by atoms with Crippen molar-refractivity contribution in [2.24, 2.45) is 0 Å². The summed E-state index contributed by atoms with van der Waals surface area (Å²) in [6.45, 7) is 1.67. The lowest BCUT2D eigenvalue weighted by Gasteiger charge is -2.43. The molecule has 2 aromatic rings. The topological polar surface area (TPSA) is 69.1 Å². The minimum Gasteiger partial charge on any atom is -0.454 e. The van der Waals surface area contributed by atoms with E-state index in [-0.39, 0.29) is 10.8 Å². The summed E-state index contributed by atoms with van der Waals surface area (Å²) >= 11 is 6.03. The molecule has 0 aliphatic carbocycles. The van der Waals surface area contributed by atoms with Gasteiger partial charge in [-0.05, 0) is 31.2 Å². The van der Waals surface area contributed by atoms with Gasteiger partial charge in [-0.25, -0.2) is 4.39 Å². The second kappa shape index (κ2) is 7.69. The number of benzene rings is 1. The first kappa shape index (κ1) is 21.2. The van der Waals surface area contributed by atoms with Crippen LogP contribution in [0.2, 0.25) is 5.02 Å². The van der Waals surface area contributed by atoms with Crippen LogP contribution in [0.5, 0.6) is 11.5 Å². The van der Waals surface area contributed by atoms with Crippen LogP contribution < -0.4 is 9.64 Å². The zero-order chi connectivity index (χ0) is 21.5. The number of aromatic nitrogens is 1. The smallest absolute Gasteiger partial charge is 0.431 e. The average molecular weight is 434 g/mol. The molecule has 2 atom stereocenters. The Hall–Kier alpha value is -2.56. The van der Waals surface area contributed by atoms with E-state index in [1.165, 1.54) is 0 Å². The average Bonchev–Trinajstić information content (AvgIpc) is 2.62. The summed E-state index contributed by atoms with van der Waals surface area (Å²) < 4.78 is 59.4. The highest BCUT2D eigenvalue weighted by Crippen LogP contribution is 2.40. The van der Waals surface area contributed by atoms with E-state index in [2.05, 4.69) is 4.98 Å². The third kappa shape index (κ3) is 4.09. The van der Waals surface area contributed by atoms with Crippen LogP contribution in [-0.4, -0.2) is 45.9 Å². The fourth-order valence-electron chi connectivity index (χ4n) is 2.84. The molecule has 156 valence electrons. The molecular weight excluding hydrogens is 418 g/mol. The summed E-state index contributed by atoms with van der Waals surface area (Å²) in [5, 5.41) is 20.4. The second-order valence-corrected chi connectivity index (χ2v) is 6.66. The molecule has 2 heterocycles. The first-order valence-electron chi connectivity index (χ1n) is 8.25. The van der Waals surface area contributed by atoms with Crippen molar-refractivity contribution in [3.63, 3.8) is 0 Å². The number of aliphatic hydroxyl groups is 2. The van der Waals surface area contributed by atoms with Crippen molar-refractivity contribution >= 4 is 17.3 Å². The quantitative estimate of drug-likeness (QED) is 0.718. The van der Waals surface area contributed by atoms with Gasteiger partial charge in [0.25, 0.3) is 0 Å². The minimum absolute atomic E-state index is 0.0354. The number of halogens is 5. The van der Waals surface area contributed by atoms with Gasteiger partial charge in [0.2, 0.25) is 6.35 Å². The third-order valence-corrected chi connectivity index (χ3v) is 4.61. The van der Waals surface area contributed by atoms with E-state index in [1.54, 1.807) is 25.3 Å². The lowest BCUT2D eigenvalue weighted by Crippen LogP contribution is -2.56. The predicted octanol–water partition coefficient (Wildman–Crippen LogP) is 3.77. The summed E-state index contributed by atoms with van der Waals surface area (Å²) in [4.78, 5) is 5.17. The molecule has 3 rings (SSSR count). The maximum atomic E-state index is 14.6. The first-order chi connectivity index (χ1) is 13.5. The number of aliphatic hydroxyl groups excluding tert-OH is 2. The molecule has 1 aliphatic heterocycles. The molecule has 2 unspecified atom stereocenters. The number of hydrogen-bond donors (Lipinski definition) is 2. The van der Waals surface area contributed by atoms with Crippen molar-refractivity contribution in [1.29, 1.82) is 0 Å². The van der Waals surface area contributed by atoms with Gasteiger partial charge in [-0.3, -0.25) is 9.88 Å². The predicted molar refractivity (Wildman–Crippen MR) is 96.9 cm³/mol. The van der Waals surface area contributed by atoms with Crippen LogP contribution in [-0.2, 0) is 0 Å². The van der Waals surface area contributed by atoms with Crippen LogP contribution in [0.1, 0.15) is 5.69 Å². The molecule has 0 fully saturated rings. The highest BCUT2D eigenvalue weighted by Gasteiger charge is 2.45. The van der Waals surface area contributed by atoms with Crippen LogP contribution in [0.15, 0.2) is 42.2 Å². The molecule has 2 N–H and O–H groups in total. The van der Waals surface area contributed by atoms with Gasteiger partial charge in [0, 0.05) is 19.3 Å². The van der Waals surface area contributed by atoms with Gasteiger partial charge in [0.1, 0.15) is 23.0 Å². The second-order valence-electron chi connectivity index (χ2n) is 6.25. The molecule has 1 aromatic heterocycles. The Kier molecular flexibility index (Phi) is 5.61. The van der Waals surface area contributed by atoms with E-state index in [9.17, 15) is 27.8 Å². The van der Waals surface area contributed by atoms with Crippen LogP contribution in [0.25, 0.3) is 0 Å². The Morgan fingerprint density at radius 1 is 1.21 bits per heavy atom. The molecule has 0 saturated carbocycles. The number of hydrogen-bond acceptors (Lipinski definition) is 6. The van der Waals surface area contributed by atoms with E-state index >= 15 is 0 Å². The summed E-state index contributed by atoms with van der Waals surface area (Å²) in [7, 11) is 0.965. The first-order valence-corrected chi connectivity index (χ1v) is 8.63. The molecular formula is C18H16ClF4N3O3. The molecule has 11 heteroatoms. The van der Waals surface area contributed by atoms with Gasteiger partial charge in [0.05, 0.1) is 16.4 Å². The maximum Gasteiger partial charge on any atom is 0.431 e. The highest BCUT2D eigenvalue weighted by molar-refractivity contribution is 6.32. The standard InChI is InChI=1S/C18H16ClF4N3O3/c1-9-13(4-3-5-24-9)29-14-7-12(11(20)6-10(14)19)26-16(27)8-15(18(21,22)23)25(2)17(26)28/h3-8,16-17,27-28H,1-2H3. The summed E-state index contributed by atoms with van der Waals surface area (Å²) in [5.74, 6) is -0.685. The van der Waals surface area contributed by atoms with Gasteiger partial charge in [-0.2, -0.15) is 13.2 Å². The third-order valence-electron chi connectivity index (χ3n) is 4.32. The zero-order valence-electron chi connectivity index (χ0n) is 15.2. The molecule has 0 spiro atoms. The summed E-state index contributed by atoms with van der Waals surface area (Å²) in [5.41, 5.74) is -1.15. The van der Waals surface area contributed by atoms with E-state index in [0.29, 0.717) is 27.3 Å². The number of rotatable bonds is 3. The van der Waals surface area contributed by atoms with E-state index in [4.69, 9.17) is 16.3 Å². The fraction of sp³-hybridized carbons (Fsp3) is 0.278. The molecule has 1 aliphatic rings. The number of pyridine rings is 1. The lowest BCUT2D eigenvalue weighted by atomic mass is 10.2. The summed E-state index contributed by atoms with van der Waals surface area (Å²) in [6, 6.07) is 5.16. The van der Waals surface area contributed by atoms with Gasteiger partial charge >= 0.3 is 6.18 Å². The Labute approximate surface area is 168 Å². The Morgan fingerprint density at radius 2 is 1.90 bits per heavy atom. The van der Waals surface area contributed by atoms with Gasteiger partial charge in [-0.15, -0.1) is 0 Å². The number of ether oxygens (including phenoxy) is 1. The molecule has 0 radical (unpaired) electrons. The number of nitrogens with zero attached hydrogens (tertiary/aromatic N) is 3. The Balaban J connectivity index is 2.03. The fourth-order valence-corrected chi connectivity index (χ4v) is 3.03. The van der Waals surface area contributed by atoms with Gasteiger partial charge in [0.15, 0.2) is 6.23 Å². The van der Waals surface area contributed by atoms with Crippen molar-refractivity contribution in [1.82, 2.24) is 9.88 Å². The van der Waals surface area contributed by atoms with Crippen LogP contribution in [0.3, 0.4) is 0 Å². The number of aryl methyl sites for hydroxylation is 1. The summed E-state index contributed by atoms with van der Waals surface area (Å²) in [6.07, 6.45) is -6.77. The van der Waals surface area contributed by atoms with Crippen molar-refractivity contribution in [3.05, 3.63) is 58.8 Å². The largest absolute Gasteiger partial charge is 0.454 e. The van der Waals surface area contributed by atoms with Crippen molar-refractivity contribution in [2.45, 2.75) is 25.7 Å². The molecule has 29 heavy (non-hydrogen) atoms. The number of alkyl halides is 3. The zero-order valence-corrected chi connectivity index (χ0v) is 15.9. The van der Waals surface area contributed by atoms with E-state index in [1.807, 2.05) is 0 Å². The van der Waals surface area contributed by atoms with E-state index in [0.717, 1.165) is 19.2 Å². The normalized spacial score (nSPS) is 20.0.